The lowest BCUT2D eigenvalue weighted by Crippen LogP contribution is -2.50. The van der Waals surface area contributed by atoms with E-state index in [1.807, 2.05) is 26.0 Å². The molecule has 3 aliphatic rings. The summed E-state index contributed by atoms with van der Waals surface area (Å²) in [5.74, 6) is 0.217. The van der Waals surface area contributed by atoms with Crippen LogP contribution in [-0.2, 0) is 0 Å². The fraction of sp³-hybridized carbons (Fsp3) is 0.364. The zero-order chi connectivity index (χ0) is 21.9. The van der Waals surface area contributed by atoms with E-state index in [0.29, 0.717) is 10.5 Å². The summed E-state index contributed by atoms with van der Waals surface area (Å²) in [6.07, 6.45) is 4.51. The summed E-state index contributed by atoms with van der Waals surface area (Å²) in [6.45, 7) is 5.73. The summed E-state index contributed by atoms with van der Waals surface area (Å²) in [5.41, 5.74) is 2.19. The Morgan fingerprint density at radius 2 is 1.94 bits per heavy atom. The molecule has 0 saturated carbocycles. The van der Waals surface area contributed by atoms with Crippen LogP contribution < -0.4 is 20.4 Å². The lowest BCUT2D eigenvalue weighted by atomic mass is 10.1. The van der Waals surface area contributed by atoms with E-state index in [-0.39, 0.29) is 23.3 Å². The number of benzene rings is 1. The first-order valence-corrected chi connectivity index (χ1v) is 11.2. The Balaban J connectivity index is 1.92. The first kappa shape index (κ1) is 19.9. The molecule has 3 aliphatic heterocycles. The van der Waals surface area contributed by atoms with E-state index in [4.69, 9.17) is 0 Å². The first-order chi connectivity index (χ1) is 14.9. The number of hydrogen-bond donors (Lipinski definition) is 0. The molecule has 1 aromatic heterocycles. The van der Waals surface area contributed by atoms with E-state index in [0.717, 1.165) is 53.7 Å². The molecule has 0 bridgehead atoms. The highest BCUT2D eigenvalue weighted by molar-refractivity contribution is 7.24. The van der Waals surface area contributed by atoms with Crippen molar-refractivity contribution in [3.05, 3.63) is 61.3 Å². The van der Waals surface area contributed by atoms with Gasteiger partial charge in [-0.1, -0.05) is 18.2 Å². The van der Waals surface area contributed by atoms with E-state index in [2.05, 4.69) is 4.90 Å². The highest BCUT2D eigenvalue weighted by Crippen LogP contribution is 2.33. The predicted octanol–water partition coefficient (Wildman–Crippen LogP) is 1.43. The molecule has 8 nitrogen and oxygen atoms in total. The molecule has 31 heavy (non-hydrogen) atoms. The molecule has 1 fully saturated rings. The number of hydrogen-bond acceptors (Lipinski definition) is 6. The number of nitrogens with zero attached hydrogens (tertiary/aromatic N) is 4. The van der Waals surface area contributed by atoms with Gasteiger partial charge in [0.05, 0.1) is 9.62 Å². The van der Waals surface area contributed by atoms with Gasteiger partial charge in [0, 0.05) is 18.2 Å². The van der Waals surface area contributed by atoms with Crippen molar-refractivity contribution < 1.29 is 14.4 Å². The van der Waals surface area contributed by atoms with Gasteiger partial charge in [0.2, 0.25) is 5.35 Å². The third-order valence-corrected chi connectivity index (χ3v) is 7.32. The van der Waals surface area contributed by atoms with Crippen LogP contribution in [0.15, 0.2) is 29.2 Å². The predicted molar refractivity (Wildman–Crippen MR) is 117 cm³/mol. The van der Waals surface area contributed by atoms with E-state index in [1.54, 1.807) is 4.57 Å². The van der Waals surface area contributed by atoms with Gasteiger partial charge in [-0.25, -0.2) is 4.79 Å². The van der Waals surface area contributed by atoms with Crippen molar-refractivity contribution in [3.63, 3.8) is 0 Å². The maximum absolute atomic E-state index is 13.6. The van der Waals surface area contributed by atoms with Crippen molar-refractivity contribution in [3.8, 4) is 5.82 Å². The fourth-order valence-corrected chi connectivity index (χ4v) is 5.70. The van der Waals surface area contributed by atoms with Crippen molar-refractivity contribution in [2.45, 2.75) is 33.1 Å². The summed E-state index contributed by atoms with van der Waals surface area (Å²) >= 11 is 1.39. The molecule has 2 aromatic rings. The van der Waals surface area contributed by atoms with E-state index in [9.17, 15) is 20.0 Å². The van der Waals surface area contributed by atoms with E-state index >= 15 is 0 Å². The first-order valence-electron chi connectivity index (χ1n) is 10.4. The van der Waals surface area contributed by atoms with Crippen molar-refractivity contribution in [1.29, 1.82) is 0 Å². The molecule has 1 aromatic carbocycles. The summed E-state index contributed by atoms with van der Waals surface area (Å²) in [6, 6.07) is 5.38. The molecular formula is C22H22N4O4S. The van der Waals surface area contributed by atoms with Crippen LogP contribution >= 0.6 is 11.3 Å². The highest BCUT2D eigenvalue weighted by atomic mass is 32.1. The Bertz CT molecular complexity index is 1430. The van der Waals surface area contributed by atoms with Crippen LogP contribution in [0.25, 0.3) is 26.5 Å². The number of piperidine rings is 1. The Hall–Kier alpha value is -3.04. The van der Waals surface area contributed by atoms with Crippen LogP contribution in [0, 0.1) is 24.0 Å². The topological polar surface area (TPSA) is 95.5 Å². The number of aromatic nitrogens is 2. The lowest BCUT2D eigenvalue weighted by Gasteiger charge is -2.28. The molecular weight excluding hydrogens is 416 g/mol. The second-order valence-electron chi connectivity index (χ2n) is 8.22. The van der Waals surface area contributed by atoms with Crippen LogP contribution in [-0.4, -0.2) is 34.0 Å². The van der Waals surface area contributed by atoms with Gasteiger partial charge in [0.1, 0.15) is 4.70 Å². The number of fused-ring (bicyclic) bond motifs is 2. The zero-order valence-corrected chi connectivity index (χ0v) is 18.2. The van der Waals surface area contributed by atoms with Crippen LogP contribution in [0.2, 0.25) is 0 Å². The van der Waals surface area contributed by atoms with Crippen molar-refractivity contribution in [2.24, 2.45) is 0 Å². The second-order valence-corrected chi connectivity index (χ2v) is 9.30. The maximum atomic E-state index is 13.6. The number of rotatable bonds is 3. The summed E-state index contributed by atoms with van der Waals surface area (Å²) in [7, 11) is 0. The summed E-state index contributed by atoms with van der Waals surface area (Å²) < 4.78 is 4.45. The Labute approximate surface area is 181 Å². The van der Waals surface area contributed by atoms with Gasteiger partial charge in [-0.2, -0.15) is 8.97 Å². The van der Waals surface area contributed by atoms with Crippen LogP contribution in [0.4, 0.5) is 5.69 Å². The third-order valence-electron chi connectivity index (χ3n) is 6.25. The minimum Gasteiger partial charge on any atom is -0.872 e. The highest BCUT2D eigenvalue weighted by Gasteiger charge is 2.32. The van der Waals surface area contributed by atoms with E-state index in [1.165, 1.54) is 28.0 Å². The zero-order valence-electron chi connectivity index (χ0n) is 17.4. The van der Waals surface area contributed by atoms with Crippen LogP contribution in [0.3, 0.4) is 0 Å². The Kier molecular flexibility index (Phi) is 4.67. The minimum absolute atomic E-state index is 0.0140. The van der Waals surface area contributed by atoms with Gasteiger partial charge < -0.3 is 10.0 Å². The van der Waals surface area contributed by atoms with Crippen molar-refractivity contribution >= 4 is 37.7 Å². The smallest absolute Gasteiger partial charge is 0.385 e. The summed E-state index contributed by atoms with van der Waals surface area (Å²) in [4.78, 5) is 26.8. The van der Waals surface area contributed by atoms with Gasteiger partial charge in [-0.05, 0) is 51.4 Å². The summed E-state index contributed by atoms with van der Waals surface area (Å²) in [5, 5.41) is 24.9. The average molecular weight is 439 g/mol. The molecule has 0 spiro atoms. The van der Waals surface area contributed by atoms with Crippen LogP contribution in [0.1, 0.15) is 30.4 Å². The largest absolute Gasteiger partial charge is 0.872 e. The van der Waals surface area contributed by atoms with Gasteiger partial charge in [-0.3, -0.25) is 10.1 Å². The molecule has 0 radical (unpaired) electrons. The molecule has 0 aliphatic carbocycles. The number of imidazole rings is 1. The molecule has 0 unspecified atom stereocenters. The molecule has 5 rings (SSSR count). The number of nitro groups is 1. The quantitative estimate of drug-likeness (QED) is 0.209. The fourth-order valence-electron chi connectivity index (χ4n) is 4.53. The van der Waals surface area contributed by atoms with Crippen molar-refractivity contribution in [2.75, 3.05) is 19.6 Å². The molecule has 0 atom stereocenters. The molecule has 9 heteroatoms. The second kappa shape index (κ2) is 7.28. The van der Waals surface area contributed by atoms with Crippen molar-refractivity contribution in [1.82, 2.24) is 9.47 Å². The molecule has 0 amide bonds. The average Bonchev–Trinajstić information content (AvgIpc) is 3.04. The standard InChI is InChI=1S/C22H22N4O4S/c1-13-6-7-17-19(14(13)2)25-21-18(31-17)10-15(26(29)30)11-24(21)20(22(25)28)16(27)12-23-8-4-3-5-9-23/h6-7,10-11H,3-5,8-9,12H2,1-2H3. The minimum atomic E-state index is -0.486. The van der Waals surface area contributed by atoms with Gasteiger partial charge in [-0.15, -0.1) is 11.3 Å². The molecule has 1 saturated heterocycles. The van der Waals surface area contributed by atoms with Gasteiger partial charge >= 0.3 is 17.1 Å². The molecule has 0 N–H and O–H groups in total. The molecule has 4 heterocycles. The number of pyridine rings is 1. The number of aryl methyl sites for hydroxylation is 2. The Morgan fingerprint density at radius 3 is 2.65 bits per heavy atom. The SMILES string of the molecule is Cc1ccc2sc3cc([N+](=O)[O-])c[n+]4c3-n(c(=O)/c4=C(\[O-])CN3CCCCC3)c2c1C. The number of likely N-dealkylation sites (tertiary alicyclic amines) is 1. The van der Waals surface area contributed by atoms with Gasteiger partial charge in [0.15, 0.2) is 11.7 Å². The lowest BCUT2D eigenvalue weighted by molar-refractivity contribution is -0.552. The maximum Gasteiger partial charge on any atom is 0.385 e. The van der Waals surface area contributed by atoms with Crippen LogP contribution in [0.5, 0.6) is 0 Å². The third kappa shape index (κ3) is 3.07. The molecule has 160 valence electrons. The monoisotopic (exact) mass is 438 g/mol. The van der Waals surface area contributed by atoms with Gasteiger partial charge in [0.25, 0.3) is 0 Å². The Morgan fingerprint density at radius 1 is 1.19 bits per heavy atom. The normalized spacial score (nSPS) is 16.5. The van der Waals surface area contributed by atoms with E-state index < -0.39 is 10.5 Å².